The van der Waals surface area contributed by atoms with Gasteiger partial charge in [-0.1, -0.05) is 74.2 Å². The molecular weight excluding hydrogens is 370 g/mol. The summed E-state index contributed by atoms with van der Waals surface area (Å²) in [5.41, 5.74) is 1.26. The number of esters is 1. The van der Waals surface area contributed by atoms with Gasteiger partial charge in [0, 0.05) is 0 Å². The second-order valence-electron chi connectivity index (χ2n) is 7.88. The van der Waals surface area contributed by atoms with E-state index in [0.717, 1.165) is 38.6 Å². The summed E-state index contributed by atoms with van der Waals surface area (Å²) in [7, 11) is 0. The summed E-state index contributed by atoms with van der Waals surface area (Å²) < 4.78 is 5.24. The van der Waals surface area contributed by atoms with E-state index in [9.17, 15) is 4.79 Å². The van der Waals surface area contributed by atoms with Gasteiger partial charge in [0.2, 0.25) is 0 Å². The second-order valence-corrected chi connectivity index (χ2v) is 7.88. The van der Waals surface area contributed by atoms with Crippen molar-refractivity contribution in [2.24, 2.45) is 0 Å². The normalized spacial score (nSPS) is 12.2. The number of nitrogens with one attached hydrogen (secondary N) is 1. The van der Waals surface area contributed by atoms with Crippen molar-refractivity contribution in [3.63, 3.8) is 0 Å². The molecule has 3 heteroatoms. The van der Waals surface area contributed by atoms with E-state index >= 15 is 0 Å². The van der Waals surface area contributed by atoms with Crippen molar-refractivity contribution >= 4 is 5.97 Å². The molecule has 0 saturated carbocycles. The van der Waals surface area contributed by atoms with Crippen LogP contribution in [0.1, 0.15) is 83.1 Å². The highest BCUT2D eigenvalue weighted by atomic mass is 16.5. The average Bonchev–Trinajstić information content (AvgIpc) is 2.76. The van der Waals surface area contributed by atoms with Crippen molar-refractivity contribution in [2.45, 2.75) is 90.0 Å². The van der Waals surface area contributed by atoms with E-state index in [0.29, 0.717) is 6.61 Å². The lowest BCUT2D eigenvalue weighted by molar-refractivity contribution is -0.145. The number of hydrogen-bond acceptors (Lipinski definition) is 3. The minimum absolute atomic E-state index is 0.131. The zero-order valence-electron chi connectivity index (χ0n) is 19.1. The Labute approximate surface area is 185 Å². The molecule has 0 bridgehead atoms. The first-order chi connectivity index (χ1) is 14.8. The molecule has 3 nitrogen and oxygen atoms in total. The van der Waals surface area contributed by atoms with Crippen LogP contribution in [0.3, 0.4) is 0 Å². The van der Waals surface area contributed by atoms with E-state index in [1.54, 1.807) is 0 Å². The molecule has 30 heavy (non-hydrogen) atoms. The van der Waals surface area contributed by atoms with E-state index in [1.807, 2.05) is 31.2 Å². The van der Waals surface area contributed by atoms with Crippen molar-refractivity contribution in [3.05, 3.63) is 60.7 Å². The van der Waals surface area contributed by atoms with Gasteiger partial charge in [-0.05, 0) is 70.4 Å². The molecule has 0 radical (unpaired) electrons. The first-order valence-electron chi connectivity index (χ1n) is 12.0. The maximum atomic E-state index is 12.2. The van der Waals surface area contributed by atoms with Crippen molar-refractivity contribution in [3.8, 4) is 0 Å². The van der Waals surface area contributed by atoms with Crippen LogP contribution in [-0.4, -0.2) is 25.2 Å². The van der Waals surface area contributed by atoms with Crippen LogP contribution in [0.25, 0.3) is 0 Å². The van der Waals surface area contributed by atoms with Gasteiger partial charge in [0.15, 0.2) is 0 Å². The molecule has 0 saturated heterocycles. The van der Waals surface area contributed by atoms with Gasteiger partial charge in [-0.15, -0.1) is 6.58 Å². The highest BCUT2D eigenvalue weighted by molar-refractivity contribution is 5.75. The molecule has 0 amide bonds. The lowest BCUT2D eigenvalue weighted by Gasteiger charge is -2.17. The maximum absolute atomic E-state index is 12.2. The smallest absolute Gasteiger partial charge is 0.323 e. The van der Waals surface area contributed by atoms with E-state index < -0.39 is 0 Å². The molecule has 0 spiro atoms. The highest BCUT2D eigenvalue weighted by Gasteiger charge is 2.18. The molecule has 0 aliphatic heterocycles. The average molecular weight is 414 g/mol. The number of allylic oxidation sites excluding steroid dienone is 3. The minimum Gasteiger partial charge on any atom is -0.465 e. The predicted molar refractivity (Wildman–Crippen MR) is 129 cm³/mol. The number of benzene rings is 1. The first-order valence-corrected chi connectivity index (χ1v) is 12.0. The summed E-state index contributed by atoms with van der Waals surface area (Å²) >= 11 is 0. The third-order valence-electron chi connectivity index (χ3n) is 5.27. The summed E-state index contributed by atoms with van der Waals surface area (Å²) in [6, 6.07) is 10.1. The van der Waals surface area contributed by atoms with Gasteiger partial charge in [-0.3, -0.25) is 4.79 Å². The quantitative estimate of drug-likeness (QED) is 0.154. The summed E-state index contributed by atoms with van der Waals surface area (Å²) in [5, 5.41) is 3.40. The Morgan fingerprint density at radius 1 is 0.967 bits per heavy atom. The van der Waals surface area contributed by atoms with E-state index in [-0.39, 0.29) is 12.0 Å². The topological polar surface area (TPSA) is 38.3 Å². The van der Waals surface area contributed by atoms with Crippen LogP contribution in [0.4, 0.5) is 0 Å². The van der Waals surface area contributed by atoms with Crippen LogP contribution in [0.2, 0.25) is 0 Å². The molecule has 1 aromatic rings. The van der Waals surface area contributed by atoms with Gasteiger partial charge in [-0.25, -0.2) is 0 Å². The number of unbranched alkanes of at least 4 members (excludes halogenated alkanes) is 8. The van der Waals surface area contributed by atoms with Crippen LogP contribution < -0.4 is 5.32 Å². The lowest BCUT2D eigenvalue weighted by atomic mass is 10.1. The summed E-state index contributed by atoms with van der Waals surface area (Å²) in [4.78, 5) is 12.2. The van der Waals surface area contributed by atoms with Crippen LogP contribution in [0, 0.1) is 0 Å². The molecule has 0 aliphatic rings. The molecule has 1 N–H and O–H groups in total. The maximum Gasteiger partial charge on any atom is 0.323 e. The van der Waals surface area contributed by atoms with E-state index in [1.165, 1.54) is 50.5 Å². The number of carbonyl (C=O) groups is 1. The molecule has 0 aromatic heterocycles. The van der Waals surface area contributed by atoms with Crippen LogP contribution >= 0.6 is 0 Å². The molecular formula is C27H43NO2. The Balaban J connectivity index is 2.10. The fourth-order valence-corrected chi connectivity index (χ4v) is 3.49. The first kappa shape index (κ1) is 26.2. The number of aryl methyl sites for hydroxylation is 1. The zero-order valence-corrected chi connectivity index (χ0v) is 19.1. The van der Waals surface area contributed by atoms with E-state index in [2.05, 4.69) is 36.2 Å². The molecule has 1 unspecified atom stereocenters. The molecule has 0 heterocycles. The highest BCUT2D eigenvalue weighted by Crippen LogP contribution is 2.10. The molecule has 1 aromatic carbocycles. The van der Waals surface area contributed by atoms with Gasteiger partial charge >= 0.3 is 5.97 Å². The van der Waals surface area contributed by atoms with Crippen molar-refractivity contribution in [1.29, 1.82) is 0 Å². The molecule has 1 rings (SSSR count). The second kappa shape index (κ2) is 19.1. The largest absolute Gasteiger partial charge is 0.465 e. The Bertz CT molecular complexity index is 567. The van der Waals surface area contributed by atoms with Crippen LogP contribution in [-0.2, 0) is 16.0 Å². The minimum atomic E-state index is -0.222. The molecule has 1 atom stereocenters. The van der Waals surface area contributed by atoms with Crippen molar-refractivity contribution in [2.75, 3.05) is 13.2 Å². The molecule has 168 valence electrons. The van der Waals surface area contributed by atoms with Crippen molar-refractivity contribution in [1.82, 2.24) is 5.32 Å². The van der Waals surface area contributed by atoms with E-state index in [4.69, 9.17) is 4.74 Å². The Morgan fingerprint density at radius 2 is 1.60 bits per heavy atom. The predicted octanol–water partition coefficient (Wildman–Crippen LogP) is 6.78. The Hall–Kier alpha value is -1.87. The van der Waals surface area contributed by atoms with Gasteiger partial charge < -0.3 is 10.1 Å². The van der Waals surface area contributed by atoms with Crippen LogP contribution in [0.5, 0.6) is 0 Å². The van der Waals surface area contributed by atoms with Gasteiger partial charge in [0.25, 0.3) is 0 Å². The molecule has 0 aliphatic carbocycles. The number of hydrogen-bond donors (Lipinski definition) is 1. The number of ether oxygens (including phenoxy) is 1. The summed E-state index contributed by atoms with van der Waals surface area (Å²) in [6.07, 6.45) is 20.7. The third kappa shape index (κ3) is 14.2. The van der Waals surface area contributed by atoms with Gasteiger partial charge in [0.1, 0.15) is 6.04 Å². The van der Waals surface area contributed by atoms with Gasteiger partial charge in [0.05, 0.1) is 6.61 Å². The Kier molecular flexibility index (Phi) is 16.7. The fourth-order valence-electron chi connectivity index (χ4n) is 3.49. The monoisotopic (exact) mass is 413 g/mol. The SMILES string of the molecule is C=CCCCCCCCCC=CCCCNC(CCc1ccccc1)C(=O)OCC. The lowest BCUT2D eigenvalue weighted by Crippen LogP contribution is -2.39. The summed E-state index contributed by atoms with van der Waals surface area (Å²) in [6.45, 7) is 6.90. The Morgan fingerprint density at radius 3 is 2.27 bits per heavy atom. The fraction of sp³-hybridized carbons (Fsp3) is 0.593. The zero-order chi connectivity index (χ0) is 21.7. The number of carbonyl (C=O) groups excluding carboxylic acids is 1. The standard InChI is InChI=1S/C27H43NO2/c1-3-5-6-7-8-9-10-11-12-13-14-15-19-24-28-26(27(29)30-4-2)23-22-25-20-17-16-18-21-25/h3,13-14,16-18,20-21,26,28H,1,4-12,15,19,22-24H2,2H3. The van der Waals surface area contributed by atoms with Crippen molar-refractivity contribution < 1.29 is 9.53 Å². The van der Waals surface area contributed by atoms with Gasteiger partial charge in [-0.2, -0.15) is 0 Å². The molecule has 0 fully saturated rings. The number of rotatable bonds is 19. The third-order valence-corrected chi connectivity index (χ3v) is 5.27. The summed E-state index contributed by atoms with van der Waals surface area (Å²) in [5.74, 6) is -0.131. The van der Waals surface area contributed by atoms with Crippen LogP contribution in [0.15, 0.2) is 55.1 Å².